The van der Waals surface area contributed by atoms with E-state index in [2.05, 4.69) is 267 Å². The van der Waals surface area contributed by atoms with Crippen LogP contribution in [0.2, 0.25) is 0 Å². The minimum Gasteiger partial charge on any atom is -0.0619 e. The molecule has 12 aromatic carbocycles. The van der Waals surface area contributed by atoms with Gasteiger partial charge in [-0.05, 0) is 180 Å². The van der Waals surface area contributed by atoms with Crippen LogP contribution in [0.1, 0.15) is 66.8 Å². The van der Waals surface area contributed by atoms with Crippen LogP contribution in [-0.2, 0) is 16.2 Å². The van der Waals surface area contributed by atoms with Gasteiger partial charge in [-0.15, -0.1) is 0 Å². The van der Waals surface area contributed by atoms with Gasteiger partial charge in [0.2, 0.25) is 0 Å². The van der Waals surface area contributed by atoms with Crippen molar-refractivity contribution >= 4 is 0 Å². The Hall–Kier alpha value is -9.36. The number of benzene rings is 12. The maximum Gasteiger partial charge on any atom is 0.0725 e. The monoisotopic (exact) mass is 944 g/mol. The molecule has 0 bridgehead atoms. The maximum atomic E-state index is 2.56. The zero-order valence-corrected chi connectivity index (χ0v) is 40.9. The first-order valence-corrected chi connectivity index (χ1v) is 26.6. The van der Waals surface area contributed by atoms with Gasteiger partial charge in [0.05, 0.1) is 16.2 Å². The summed E-state index contributed by atoms with van der Waals surface area (Å²) in [5, 5.41) is 0. The molecule has 0 N–H and O–H groups in total. The molecule has 0 aliphatic heterocycles. The highest BCUT2D eigenvalue weighted by atomic mass is 14.6. The molecule has 3 spiro atoms. The summed E-state index contributed by atoms with van der Waals surface area (Å²) in [6, 6.07) is 103. The summed E-state index contributed by atoms with van der Waals surface area (Å²) in [4.78, 5) is 0. The molecule has 6 aliphatic carbocycles. The summed E-state index contributed by atoms with van der Waals surface area (Å²) < 4.78 is 0. The average Bonchev–Trinajstić information content (AvgIpc) is 4.29. The van der Waals surface area contributed by atoms with Crippen LogP contribution < -0.4 is 0 Å². The lowest BCUT2D eigenvalue weighted by molar-refractivity contribution is 0.792. The molecule has 0 amide bonds. The molecule has 344 valence electrons. The molecule has 0 heterocycles. The molecule has 0 nitrogen and oxygen atoms in total. The van der Waals surface area contributed by atoms with Crippen molar-refractivity contribution in [2.45, 2.75) is 16.2 Å². The van der Waals surface area contributed by atoms with Gasteiger partial charge >= 0.3 is 0 Å². The Morgan fingerprint density at radius 1 is 0.133 bits per heavy atom. The molecule has 0 fully saturated rings. The first-order valence-electron chi connectivity index (χ1n) is 26.6. The highest BCUT2D eigenvalue weighted by molar-refractivity contribution is 6.00. The van der Waals surface area contributed by atoms with Gasteiger partial charge in [0.1, 0.15) is 0 Å². The lowest BCUT2D eigenvalue weighted by Crippen LogP contribution is -2.26. The van der Waals surface area contributed by atoms with E-state index in [1.807, 2.05) is 0 Å². The lowest BCUT2D eigenvalue weighted by atomic mass is 9.69. The van der Waals surface area contributed by atoms with Crippen molar-refractivity contribution in [3.63, 3.8) is 0 Å². The van der Waals surface area contributed by atoms with Gasteiger partial charge in [0.15, 0.2) is 0 Å². The first kappa shape index (κ1) is 40.2. The minimum atomic E-state index is -0.529. The third-order valence-corrected chi connectivity index (χ3v) is 18.8. The Morgan fingerprint density at radius 3 is 0.467 bits per heavy atom. The van der Waals surface area contributed by atoms with Crippen LogP contribution in [0.25, 0.3) is 89.0 Å². The van der Waals surface area contributed by atoms with E-state index in [4.69, 9.17) is 0 Å². The second-order valence-corrected chi connectivity index (χ2v) is 21.7. The van der Waals surface area contributed by atoms with E-state index in [1.165, 1.54) is 156 Å². The number of rotatable bonds is 2. The molecule has 0 saturated carbocycles. The van der Waals surface area contributed by atoms with E-state index in [9.17, 15) is 0 Å². The molecule has 18 rings (SSSR count). The standard InChI is InChI=1S/C75H44/c1-9-25-61-49(17-1)50-18-2-10-26-62(50)73(61)65-29-13-7-23-55(65)57-37-33-45(41-69(57)73)47-35-39-59-60-40-36-48(44-72(60)75(71(59)43-47)67-31-15-5-21-53(67)54-22-6-16-32-68(54)75)46-34-38-58-56-24-8-14-30-66(56)74(70(58)42-46)63-27-11-3-19-51(63)52-20-4-12-28-64(52)74/h1-44H. The van der Waals surface area contributed by atoms with Crippen LogP contribution in [0.3, 0.4) is 0 Å². The summed E-state index contributed by atoms with van der Waals surface area (Å²) in [5.74, 6) is 0. The van der Waals surface area contributed by atoms with Gasteiger partial charge < -0.3 is 0 Å². The summed E-state index contributed by atoms with van der Waals surface area (Å²) in [7, 11) is 0. The normalized spacial score (nSPS) is 15.3. The van der Waals surface area contributed by atoms with Crippen molar-refractivity contribution < 1.29 is 0 Å². The van der Waals surface area contributed by atoms with Gasteiger partial charge in [0, 0.05) is 0 Å². The fraction of sp³-hybridized carbons (Fsp3) is 0.0400. The maximum absolute atomic E-state index is 2.56. The van der Waals surface area contributed by atoms with E-state index in [1.54, 1.807) is 0 Å². The third-order valence-electron chi connectivity index (χ3n) is 18.8. The number of hydrogen-bond donors (Lipinski definition) is 0. The van der Waals surface area contributed by atoms with Crippen LogP contribution >= 0.6 is 0 Å². The fourth-order valence-corrected chi connectivity index (χ4v) is 16.0. The Labute approximate surface area is 436 Å². The third kappa shape index (κ3) is 4.61. The zero-order chi connectivity index (χ0) is 48.8. The summed E-state index contributed by atoms with van der Waals surface area (Å²) in [5.41, 5.74) is 35.8. The molecule has 6 aliphatic rings. The Kier molecular flexibility index (Phi) is 7.51. The van der Waals surface area contributed by atoms with Gasteiger partial charge in [-0.2, -0.15) is 0 Å². The number of hydrogen-bond acceptors (Lipinski definition) is 0. The second-order valence-electron chi connectivity index (χ2n) is 21.7. The topological polar surface area (TPSA) is 0 Å². The molecule has 0 heteroatoms. The molecule has 0 unspecified atom stereocenters. The van der Waals surface area contributed by atoms with E-state index in [-0.39, 0.29) is 0 Å². The molecule has 0 saturated heterocycles. The Balaban J connectivity index is 0.850. The van der Waals surface area contributed by atoms with Crippen molar-refractivity contribution in [1.29, 1.82) is 0 Å². The van der Waals surface area contributed by atoms with Gasteiger partial charge in [-0.3, -0.25) is 0 Å². The molecule has 75 heavy (non-hydrogen) atoms. The van der Waals surface area contributed by atoms with Crippen molar-refractivity contribution in [1.82, 2.24) is 0 Å². The van der Waals surface area contributed by atoms with E-state index < -0.39 is 16.2 Å². The van der Waals surface area contributed by atoms with Crippen molar-refractivity contribution in [2.24, 2.45) is 0 Å². The van der Waals surface area contributed by atoms with E-state index >= 15 is 0 Å². The summed E-state index contributed by atoms with van der Waals surface area (Å²) >= 11 is 0. The molecule has 0 aromatic heterocycles. The minimum absolute atomic E-state index is 0.409. The van der Waals surface area contributed by atoms with Gasteiger partial charge in [0.25, 0.3) is 0 Å². The van der Waals surface area contributed by atoms with Gasteiger partial charge in [-0.1, -0.05) is 243 Å². The van der Waals surface area contributed by atoms with Crippen LogP contribution in [0.4, 0.5) is 0 Å². The molecule has 12 aromatic rings. The molecular weight excluding hydrogens is 901 g/mol. The summed E-state index contributed by atoms with van der Waals surface area (Å²) in [6.45, 7) is 0. The largest absolute Gasteiger partial charge is 0.0725 e. The second kappa shape index (κ2) is 14.0. The van der Waals surface area contributed by atoms with E-state index in [0.717, 1.165) is 0 Å². The molecular formula is C75H44. The predicted octanol–water partition coefficient (Wildman–Crippen LogP) is 18.1. The lowest BCUT2D eigenvalue weighted by Gasteiger charge is -2.32. The van der Waals surface area contributed by atoms with E-state index in [0.29, 0.717) is 0 Å². The van der Waals surface area contributed by atoms with Crippen LogP contribution in [0, 0.1) is 0 Å². The molecule has 0 atom stereocenters. The predicted molar refractivity (Wildman–Crippen MR) is 306 cm³/mol. The SMILES string of the molecule is c1ccc2c(c1)-c1ccccc1C21c2ccccc2-c2ccc(-c3ccc4c(c3)C3(c5ccccc5-c5ccccc53)c3cc(-c5ccc6c(c5)C5(c7ccccc7-c7ccccc75)c5ccccc5-6)ccc3-4)cc21. The Bertz CT molecular complexity index is 4140. The first-order chi connectivity index (χ1) is 37.2. The highest BCUT2D eigenvalue weighted by Crippen LogP contribution is 2.67. The molecule has 0 radical (unpaired) electrons. The van der Waals surface area contributed by atoms with Crippen LogP contribution in [-0.4, -0.2) is 0 Å². The zero-order valence-electron chi connectivity index (χ0n) is 40.9. The average molecular weight is 945 g/mol. The Morgan fingerprint density at radius 2 is 0.280 bits per heavy atom. The smallest absolute Gasteiger partial charge is 0.0619 e. The van der Waals surface area contributed by atoms with Crippen molar-refractivity contribution in [3.05, 3.63) is 334 Å². The van der Waals surface area contributed by atoms with Crippen molar-refractivity contribution in [3.8, 4) is 89.0 Å². The van der Waals surface area contributed by atoms with Crippen LogP contribution in [0.15, 0.2) is 267 Å². The van der Waals surface area contributed by atoms with Crippen LogP contribution in [0.5, 0.6) is 0 Å². The van der Waals surface area contributed by atoms with Gasteiger partial charge in [-0.25, -0.2) is 0 Å². The summed E-state index contributed by atoms with van der Waals surface area (Å²) in [6.07, 6.45) is 0. The fourth-order valence-electron chi connectivity index (χ4n) is 16.0. The number of fused-ring (bicyclic) bond motifs is 30. The quantitative estimate of drug-likeness (QED) is 0.162. The highest BCUT2D eigenvalue weighted by Gasteiger charge is 2.55. The van der Waals surface area contributed by atoms with Crippen molar-refractivity contribution in [2.75, 3.05) is 0 Å².